The van der Waals surface area contributed by atoms with Gasteiger partial charge in [-0.25, -0.2) is 4.68 Å². The summed E-state index contributed by atoms with van der Waals surface area (Å²) in [5.41, 5.74) is 0.993. The van der Waals surface area contributed by atoms with Crippen molar-refractivity contribution < 1.29 is 4.79 Å². The molecule has 1 fully saturated rings. The molecule has 0 radical (unpaired) electrons. The van der Waals surface area contributed by atoms with Crippen LogP contribution in [-0.2, 0) is 6.54 Å². The first-order valence-corrected chi connectivity index (χ1v) is 8.00. The zero-order chi connectivity index (χ0) is 17.2. The number of carbonyl (C=O) groups is 1. The fourth-order valence-electron chi connectivity index (χ4n) is 2.83. The van der Waals surface area contributed by atoms with Crippen LogP contribution < -0.4 is 5.56 Å². The van der Waals surface area contributed by atoms with Crippen molar-refractivity contribution in [3.8, 4) is 5.69 Å². The lowest BCUT2D eigenvalue weighted by atomic mass is 10.00. The Hall–Kier alpha value is -3.29. The van der Waals surface area contributed by atoms with Gasteiger partial charge in [-0.3, -0.25) is 9.59 Å². The molecule has 1 amide bonds. The monoisotopic (exact) mass is 336 g/mol. The molecule has 0 aliphatic carbocycles. The van der Waals surface area contributed by atoms with E-state index in [1.165, 1.54) is 21.7 Å². The van der Waals surface area contributed by atoms with E-state index in [1.54, 1.807) is 17.2 Å². The van der Waals surface area contributed by atoms with Crippen LogP contribution in [0.5, 0.6) is 0 Å². The summed E-state index contributed by atoms with van der Waals surface area (Å²) < 4.78 is 1.43. The lowest BCUT2D eigenvalue weighted by Crippen LogP contribution is -2.52. The Morgan fingerprint density at radius 1 is 1.08 bits per heavy atom. The highest BCUT2D eigenvalue weighted by Gasteiger charge is 2.33. The van der Waals surface area contributed by atoms with Gasteiger partial charge in [0.25, 0.3) is 11.5 Å². The molecule has 1 aliphatic heterocycles. The first-order chi connectivity index (χ1) is 12.2. The van der Waals surface area contributed by atoms with E-state index in [0.29, 0.717) is 25.3 Å². The van der Waals surface area contributed by atoms with Crippen molar-refractivity contribution in [1.82, 2.24) is 29.7 Å². The molecular weight excluding hydrogens is 320 g/mol. The van der Waals surface area contributed by atoms with Crippen LogP contribution in [0.3, 0.4) is 0 Å². The molecule has 1 aliphatic rings. The molecule has 126 valence electrons. The number of aromatic nitrogens is 5. The summed E-state index contributed by atoms with van der Waals surface area (Å²) in [5, 5.41) is 12.4. The van der Waals surface area contributed by atoms with E-state index < -0.39 is 0 Å². The summed E-state index contributed by atoms with van der Waals surface area (Å²) in [6.45, 7) is 1.68. The molecule has 2 aromatic heterocycles. The molecule has 8 heteroatoms. The van der Waals surface area contributed by atoms with E-state index in [4.69, 9.17) is 0 Å². The molecule has 1 aromatic carbocycles. The molecule has 0 bridgehead atoms. The Labute approximate surface area is 143 Å². The fraction of sp³-hybridized carbons (Fsp3) is 0.235. The van der Waals surface area contributed by atoms with Crippen LogP contribution in [0.25, 0.3) is 5.69 Å². The van der Waals surface area contributed by atoms with Crippen molar-refractivity contribution in [2.75, 3.05) is 13.1 Å². The Kier molecular flexibility index (Phi) is 3.85. The number of rotatable bonds is 4. The van der Waals surface area contributed by atoms with E-state index >= 15 is 0 Å². The molecule has 3 heterocycles. The average molecular weight is 336 g/mol. The third-order valence-corrected chi connectivity index (χ3v) is 4.16. The predicted molar refractivity (Wildman–Crippen MR) is 89.2 cm³/mol. The van der Waals surface area contributed by atoms with Crippen molar-refractivity contribution in [3.05, 3.63) is 70.9 Å². The lowest BCUT2D eigenvalue weighted by Gasteiger charge is -2.38. The van der Waals surface area contributed by atoms with Gasteiger partial charge in [0.2, 0.25) is 0 Å². The minimum absolute atomic E-state index is 0.127. The summed E-state index contributed by atoms with van der Waals surface area (Å²) in [6.07, 6.45) is 3.07. The van der Waals surface area contributed by atoms with Crippen LogP contribution in [0.15, 0.2) is 59.7 Å². The van der Waals surface area contributed by atoms with E-state index in [0.717, 1.165) is 5.69 Å². The topological polar surface area (TPSA) is 85.9 Å². The highest BCUT2D eigenvalue weighted by molar-refractivity contribution is 5.92. The summed E-state index contributed by atoms with van der Waals surface area (Å²) in [4.78, 5) is 27.3. The summed E-state index contributed by atoms with van der Waals surface area (Å²) in [5.74, 6) is 0.0764. The number of para-hydroxylation sites is 1. The van der Waals surface area contributed by atoms with Crippen molar-refractivity contribution in [2.24, 2.45) is 5.92 Å². The van der Waals surface area contributed by atoms with Gasteiger partial charge >= 0.3 is 0 Å². The Morgan fingerprint density at radius 2 is 1.88 bits per heavy atom. The highest BCUT2D eigenvalue weighted by Crippen LogP contribution is 2.19. The van der Waals surface area contributed by atoms with Gasteiger partial charge in [-0.15, -0.1) is 5.10 Å². The number of amides is 1. The second-order valence-electron chi connectivity index (χ2n) is 5.97. The van der Waals surface area contributed by atoms with Crippen LogP contribution in [0.1, 0.15) is 10.5 Å². The fourth-order valence-corrected chi connectivity index (χ4v) is 2.83. The van der Waals surface area contributed by atoms with E-state index in [9.17, 15) is 9.59 Å². The Balaban J connectivity index is 1.38. The number of hydrogen-bond acceptors (Lipinski definition) is 5. The lowest BCUT2D eigenvalue weighted by molar-refractivity contribution is 0.0452. The van der Waals surface area contributed by atoms with Gasteiger partial charge in [-0.1, -0.05) is 18.2 Å². The number of likely N-dealkylation sites (tertiary alicyclic amines) is 1. The molecule has 3 aromatic rings. The van der Waals surface area contributed by atoms with E-state index in [1.807, 2.05) is 30.3 Å². The SMILES string of the molecule is O=C(c1cnn(-c2ccccc2)n1)N1CC(Cn2ncccc2=O)C1. The molecule has 0 N–H and O–H groups in total. The zero-order valence-corrected chi connectivity index (χ0v) is 13.4. The molecule has 0 saturated carbocycles. The summed E-state index contributed by atoms with van der Waals surface area (Å²) in [7, 11) is 0. The number of benzene rings is 1. The van der Waals surface area contributed by atoms with Crippen LogP contribution >= 0.6 is 0 Å². The molecule has 0 atom stereocenters. The van der Waals surface area contributed by atoms with Crippen LogP contribution in [0, 0.1) is 5.92 Å². The van der Waals surface area contributed by atoms with Crippen molar-refractivity contribution >= 4 is 5.91 Å². The zero-order valence-electron chi connectivity index (χ0n) is 13.4. The van der Waals surface area contributed by atoms with Gasteiger partial charge < -0.3 is 4.90 Å². The maximum atomic E-state index is 12.5. The molecule has 8 nitrogen and oxygen atoms in total. The molecule has 4 rings (SSSR count). The van der Waals surface area contributed by atoms with Crippen molar-refractivity contribution in [3.63, 3.8) is 0 Å². The molecule has 25 heavy (non-hydrogen) atoms. The quantitative estimate of drug-likeness (QED) is 0.696. The summed E-state index contributed by atoms with van der Waals surface area (Å²) in [6, 6.07) is 12.5. The average Bonchev–Trinajstić information content (AvgIpc) is 3.09. The number of nitrogens with zero attached hydrogens (tertiary/aromatic N) is 6. The Morgan fingerprint density at radius 3 is 2.64 bits per heavy atom. The number of carbonyl (C=O) groups excluding carboxylic acids is 1. The minimum atomic E-state index is -0.146. The van der Waals surface area contributed by atoms with E-state index in [-0.39, 0.29) is 17.4 Å². The maximum Gasteiger partial charge on any atom is 0.276 e. The Bertz CT molecular complexity index is 943. The van der Waals surface area contributed by atoms with E-state index in [2.05, 4.69) is 15.3 Å². The first kappa shape index (κ1) is 15.3. The molecular formula is C17H16N6O2. The first-order valence-electron chi connectivity index (χ1n) is 8.00. The third-order valence-electron chi connectivity index (χ3n) is 4.16. The molecule has 0 spiro atoms. The largest absolute Gasteiger partial charge is 0.336 e. The van der Waals surface area contributed by atoms with Crippen molar-refractivity contribution in [2.45, 2.75) is 6.54 Å². The van der Waals surface area contributed by atoms with Crippen LogP contribution in [0.2, 0.25) is 0 Å². The maximum absolute atomic E-state index is 12.5. The van der Waals surface area contributed by atoms with Gasteiger partial charge in [-0.05, 0) is 18.2 Å². The van der Waals surface area contributed by atoms with Gasteiger partial charge in [0, 0.05) is 31.3 Å². The smallest absolute Gasteiger partial charge is 0.276 e. The summed E-state index contributed by atoms with van der Waals surface area (Å²) >= 11 is 0. The second-order valence-corrected chi connectivity index (χ2v) is 5.97. The van der Waals surface area contributed by atoms with Crippen LogP contribution in [0.4, 0.5) is 0 Å². The third kappa shape index (κ3) is 3.06. The standard InChI is InChI=1S/C17H16N6O2/c24-16-7-4-8-18-22(16)12-13-10-21(11-13)17(25)15-9-19-23(20-15)14-5-2-1-3-6-14/h1-9,13H,10-12H2. The predicted octanol–water partition coefficient (Wildman–Crippen LogP) is 0.596. The van der Waals surface area contributed by atoms with Gasteiger partial charge in [-0.2, -0.15) is 15.0 Å². The number of hydrogen-bond donors (Lipinski definition) is 0. The highest BCUT2D eigenvalue weighted by atomic mass is 16.2. The van der Waals surface area contributed by atoms with Gasteiger partial charge in [0.15, 0.2) is 5.69 Å². The van der Waals surface area contributed by atoms with Crippen molar-refractivity contribution in [1.29, 1.82) is 0 Å². The second kappa shape index (κ2) is 6.31. The van der Waals surface area contributed by atoms with Crippen LogP contribution in [-0.4, -0.2) is 48.7 Å². The van der Waals surface area contributed by atoms with Gasteiger partial charge in [0.1, 0.15) is 0 Å². The normalized spacial score (nSPS) is 14.3. The molecule has 1 saturated heterocycles. The minimum Gasteiger partial charge on any atom is -0.336 e. The molecule has 0 unspecified atom stereocenters. The van der Waals surface area contributed by atoms with Gasteiger partial charge in [0.05, 0.1) is 18.4 Å².